The molecule has 1 aromatic heterocycles. The summed E-state index contributed by atoms with van der Waals surface area (Å²) >= 11 is 6.34. The van der Waals surface area contributed by atoms with E-state index in [2.05, 4.69) is 4.98 Å². The highest BCUT2D eigenvalue weighted by atomic mass is 35.5. The van der Waals surface area contributed by atoms with E-state index < -0.39 is 18.4 Å². The molecular weight excluding hydrogens is 442 g/mol. The van der Waals surface area contributed by atoms with Gasteiger partial charge >= 0.3 is 5.97 Å². The smallest absolute Gasteiger partial charge is 0.339 e. The van der Waals surface area contributed by atoms with Crippen LogP contribution in [0.25, 0.3) is 22.2 Å². The molecule has 1 heterocycles. The van der Waals surface area contributed by atoms with Crippen LogP contribution >= 0.6 is 11.6 Å². The summed E-state index contributed by atoms with van der Waals surface area (Å²) in [6.45, 7) is -0.458. The minimum absolute atomic E-state index is 0.265. The molecule has 0 amide bonds. The first-order valence-electron chi connectivity index (χ1n) is 10.1. The molecule has 0 N–H and O–H groups in total. The third-order valence-corrected chi connectivity index (χ3v) is 5.46. The van der Waals surface area contributed by atoms with Crippen molar-refractivity contribution in [1.29, 1.82) is 0 Å². The molecular formula is C26H20ClNO5. The van der Waals surface area contributed by atoms with E-state index in [1.54, 1.807) is 42.5 Å². The fourth-order valence-electron chi connectivity index (χ4n) is 3.47. The predicted octanol–water partition coefficient (Wildman–Crippen LogP) is 5.61. The number of Topliss-reactive ketones (excluding diaryl/α,β-unsaturated/α-hetero) is 1. The summed E-state index contributed by atoms with van der Waals surface area (Å²) in [5.41, 5.74) is 2.40. The van der Waals surface area contributed by atoms with Gasteiger partial charge in [-0.1, -0.05) is 48.0 Å². The zero-order chi connectivity index (χ0) is 23.4. The quantitative estimate of drug-likeness (QED) is 0.263. The number of carbonyl (C=O) groups excluding carboxylic acids is 2. The molecule has 0 radical (unpaired) electrons. The maximum atomic E-state index is 13.0. The van der Waals surface area contributed by atoms with E-state index in [0.29, 0.717) is 44.2 Å². The van der Waals surface area contributed by atoms with Crippen LogP contribution in [0.2, 0.25) is 5.02 Å². The van der Waals surface area contributed by atoms with Gasteiger partial charge in [-0.15, -0.1) is 0 Å². The maximum Gasteiger partial charge on any atom is 0.339 e. The number of hydrogen-bond acceptors (Lipinski definition) is 6. The van der Waals surface area contributed by atoms with E-state index in [4.69, 9.17) is 25.8 Å². The Bertz CT molecular complexity index is 1350. The van der Waals surface area contributed by atoms with Crippen molar-refractivity contribution in [3.8, 4) is 22.8 Å². The van der Waals surface area contributed by atoms with Crippen molar-refractivity contribution in [2.45, 2.75) is 0 Å². The minimum atomic E-state index is -0.642. The van der Waals surface area contributed by atoms with Gasteiger partial charge in [0.15, 0.2) is 6.61 Å². The Kier molecular flexibility index (Phi) is 6.56. The van der Waals surface area contributed by atoms with Crippen LogP contribution < -0.4 is 9.47 Å². The van der Waals surface area contributed by atoms with Crippen molar-refractivity contribution < 1.29 is 23.8 Å². The minimum Gasteiger partial charge on any atom is -0.497 e. The monoisotopic (exact) mass is 461 g/mol. The lowest BCUT2D eigenvalue weighted by atomic mass is 10.0. The number of carbonyl (C=O) groups is 2. The van der Waals surface area contributed by atoms with Gasteiger partial charge in [0.05, 0.1) is 36.6 Å². The van der Waals surface area contributed by atoms with Gasteiger partial charge in [0, 0.05) is 16.0 Å². The molecule has 6 nitrogen and oxygen atoms in total. The molecule has 166 valence electrons. The second-order valence-corrected chi connectivity index (χ2v) is 7.52. The van der Waals surface area contributed by atoms with Crippen LogP contribution in [0.15, 0.2) is 72.8 Å². The summed E-state index contributed by atoms with van der Waals surface area (Å²) in [5.74, 6) is -0.192. The van der Waals surface area contributed by atoms with Crippen LogP contribution in [0, 0.1) is 0 Å². The number of nitrogens with zero attached hydrogens (tertiary/aromatic N) is 1. The molecule has 0 unspecified atom stereocenters. The highest BCUT2D eigenvalue weighted by Crippen LogP contribution is 2.30. The Hall–Kier alpha value is -3.90. The van der Waals surface area contributed by atoms with Crippen molar-refractivity contribution in [3.63, 3.8) is 0 Å². The van der Waals surface area contributed by atoms with Crippen LogP contribution in [0.3, 0.4) is 0 Å². The van der Waals surface area contributed by atoms with E-state index in [-0.39, 0.29) is 5.56 Å². The normalized spacial score (nSPS) is 10.6. The Morgan fingerprint density at radius 3 is 2.39 bits per heavy atom. The van der Waals surface area contributed by atoms with Gasteiger partial charge in [0.2, 0.25) is 5.78 Å². The van der Waals surface area contributed by atoms with Crippen LogP contribution in [-0.4, -0.2) is 37.6 Å². The fourth-order valence-corrected chi connectivity index (χ4v) is 3.70. The largest absolute Gasteiger partial charge is 0.497 e. The SMILES string of the molecule is COc1ccc(OC)c(C(=O)COC(=O)c2cc(-c3ccccc3Cl)nc3ccccc23)c1. The number of halogens is 1. The average molecular weight is 462 g/mol. The lowest BCUT2D eigenvalue weighted by Gasteiger charge is -2.12. The number of ether oxygens (including phenoxy) is 3. The molecule has 0 saturated carbocycles. The number of pyridine rings is 1. The Labute approximate surface area is 195 Å². The molecule has 4 rings (SSSR count). The van der Waals surface area contributed by atoms with Gasteiger partial charge in [-0.05, 0) is 36.4 Å². The van der Waals surface area contributed by atoms with Gasteiger partial charge in [-0.2, -0.15) is 0 Å². The Balaban J connectivity index is 1.65. The van der Waals surface area contributed by atoms with E-state index >= 15 is 0 Å². The molecule has 3 aromatic carbocycles. The summed E-state index contributed by atoms with van der Waals surface area (Å²) in [7, 11) is 2.96. The molecule has 0 aliphatic rings. The number of benzene rings is 3. The van der Waals surface area contributed by atoms with Crippen LogP contribution in [0.4, 0.5) is 0 Å². The molecule has 4 aromatic rings. The summed E-state index contributed by atoms with van der Waals surface area (Å²) in [6, 6.07) is 21.0. The first kappa shape index (κ1) is 22.3. The molecule has 0 atom stereocenters. The van der Waals surface area contributed by atoms with E-state index in [1.807, 2.05) is 30.3 Å². The molecule has 33 heavy (non-hydrogen) atoms. The van der Waals surface area contributed by atoms with Gasteiger partial charge in [0.25, 0.3) is 0 Å². The third-order valence-electron chi connectivity index (χ3n) is 5.13. The summed E-state index contributed by atoms with van der Waals surface area (Å²) in [6.07, 6.45) is 0. The molecule has 0 saturated heterocycles. The highest BCUT2D eigenvalue weighted by molar-refractivity contribution is 6.33. The molecule has 0 aliphatic carbocycles. The number of ketones is 1. The number of fused-ring (bicyclic) bond motifs is 1. The maximum absolute atomic E-state index is 13.0. The molecule has 0 aliphatic heterocycles. The lowest BCUT2D eigenvalue weighted by molar-refractivity contribution is 0.0476. The van der Waals surface area contributed by atoms with E-state index in [9.17, 15) is 9.59 Å². The Morgan fingerprint density at radius 2 is 1.64 bits per heavy atom. The van der Waals surface area contributed by atoms with Crippen molar-refractivity contribution in [2.24, 2.45) is 0 Å². The highest BCUT2D eigenvalue weighted by Gasteiger charge is 2.20. The fraction of sp³-hybridized carbons (Fsp3) is 0.115. The van der Waals surface area contributed by atoms with Crippen molar-refractivity contribution in [1.82, 2.24) is 4.98 Å². The second kappa shape index (κ2) is 9.71. The van der Waals surface area contributed by atoms with Gasteiger partial charge in [-0.25, -0.2) is 9.78 Å². The number of esters is 1. The standard InChI is InChI=1S/C26H20ClNO5/c1-31-16-11-12-25(32-2)20(13-16)24(29)15-33-26(30)19-14-23(18-8-3-5-9-21(18)27)28-22-10-6-4-7-17(19)22/h3-14H,15H2,1-2H3. The van der Waals surface area contributed by atoms with Crippen LogP contribution in [-0.2, 0) is 4.74 Å². The predicted molar refractivity (Wildman–Crippen MR) is 126 cm³/mol. The van der Waals surface area contributed by atoms with Crippen molar-refractivity contribution in [2.75, 3.05) is 20.8 Å². The molecule has 0 fully saturated rings. The van der Waals surface area contributed by atoms with Crippen LogP contribution in [0.5, 0.6) is 11.5 Å². The topological polar surface area (TPSA) is 74.7 Å². The second-order valence-electron chi connectivity index (χ2n) is 7.12. The number of para-hydroxylation sites is 1. The van der Waals surface area contributed by atoms with Crippen LogP contribution in [0.1, 0.15) is 20.7 Å². The molecule has 0 spiro atoms. The number of aromatic nitrogens is 1. The van der Waals surface area contributed by atoms with Gasteiger partial charge in [-0.3, -0.25) is 4.79 Å². The molecule has 0 bridgehead atoms. The average Bonchev–Trinajstić information content (AvgIpc) is 2.86. The molecule has 7 heteroatoms. The number of methoxy groups -OCH3 is 2. The zero-order valence-electron chi connectivity index (χ0n) is 18.0. The van der Waals surface area contributed by atoms with E-state index in [0.717, 1.165) is 0 Å². The number of hydrogen-bond donors (Lipinski definition) is 0. The van der Waals surface area contributed by atoms with Gasteiger partial charge in [0.1, 0.15) is 11.5 Å². The first-order chi connectivity index (χ1) is 16.0. The summed E-state index contributed by atoms with van der Waals surface area (Å²) < 4.78 is 15.8. The first-order valence-corrected chi connectivity index (χ1v) is 10.5. The third kappa shape index (κ3) is 4.66. The van der Waals surface area contributed by atoms with E-state index in [1.165, 1.54) is 14.2 Å². The van der Waals surface area contributed by atoms with Gasteiger partial charge < -0.3 is 14.2 Å². The van der Waals surface area contributed by atoms with Crippen molar-refractivity contribution in [3.05, 3.63) is 88.9 Å². The zero-order valence-corrected chi connectivity index (χ0v) is 18.8. The Morgan fingerprint density at radius 1 is 0.879 bits per heavy atom. The summed E-state index contributed by atoms with van der Waals surface area (Å²) in [4.78, 5) is 30.5. The lowest BCUT2D eigenvalue weighted by Crippen LogP contribution is -2.15. The number of rotatable bonds is 7. The summed E-state index contributed by atoms with van der Waals surface area (Å²) in [5, 5.41) is 1.13. The van der Waals surface area contributed by atoms with Crippen molar-refractivity contribution >= 4 is 34.3 Å².